The van der Waals surface area contributed by atoms with Crippen molar-refractivity contribution in [2.45, 2.75) is 39.0 Å². The fourth-order valence-electron chi connectivity index (χ4n) is 2.28. The highest BCUT2D eigenvalue weighted by atomic mass is 16.6. The lowest BCUT2D eigenvalue weighted by Crippen LogP contribution is -2.58. The van der Waals surface area contributed by atoms with Gasteiger partial charge in [-0.1, -0.05) is 30.3 Å². The first kappa shape index (κ1) is 17.3. The zero-order valence-electron chi connectivity index (χ0n) is 13.9. The highest BCUT2D eigenvalue weighted by Crippen LogP contribution is 2.14. The molecule has 1 aliphatic heterocycles. The van der Waals surface area contributed by atoms with Crippen LogP contribution in [0.15, 0.2) is 30.3 Å². The first-order valence-electron chi connectivity index (χ1n) is 7.78. The molecule has 1 amide bonds. The average molecular weight is 320 g/mol. The maximum atomic E-state index is 12.3. The standard InChI is InChI=1S/C17H24N2O4/c1-17(2,3)23-16(21)19-10-9-18-11-14(19)15(20)22-12-13-7-5-4-6-8-13/h4-8,14,18H,9-12H2,1-3H3/t14-/m1/s1. The van der Waals surface area contributed by atoms with Crippen LogP contribution in [0.4, 0.5) is 4.79 Å². The summed E-state index contributed by atoms with van der Waals surface area (Å²) in [5.41, 5.74) is 0.314. The molecule has 0 saturated carbocycles. The number of esters is 1. The topological polar surface area (TPSA) is 67.9 Å². The number of piperazine rings is 1. The van der Waals surface area contributed by atoms with Crippen molar-refractivity contribution >= 4 is 12.1 Å². The number of nitrogens with zero attached hydrogens (tertiary/aromatic N) is 1. The largest absolute Gasteiger partial charge is 0.459 e. The molecular formula is C17H24N2O4. The van der Waals surface area contributed by atoms with E-state index in [9.17, 15) is 9.59 Å². The lowest BCUT2D eigenvalue weighted by Gasteiger charge is -2.35. The summed E-state index contributed by atoms with van der Waals surface area (Å²) in [6, 6.07) is 8.79. The van der Waals surface area contributed by atoms with Crippen molar-refractivity contribution in [3.05, 3.63) is 35.9 Å². The monoisotopic (exact) mass is 320 g/mol. The zero-order valence-corrected chi connectivity index (χ0v) is 13.9. The van der Waals surface area contributed by atoms with E-state index in [1.165, 1.54) is 4.90 Å². The number of nitrogens with one attached hydrogen (secondary N) is 1. The van der Waals surface area contributed by atoms with E-state index in [4.69, 9.17) is 9.47 Å². The molecule has 0 unspecified atom stereocenters. The number of ether oxygens (including phenoxy) is 2. The molecule has 1 fully saturated rings. The quantitative estimate of drug-likeness (QED) is 0.862. The molecule has 0 spiro atoms. The number of benzene rings is 1. The normalized spacial score (nSPS) is 18.4. The van der Waals surface area contributed by atoms with Gasteiger partial charge in [-0.2, -0.15) is 0 Å². The van der Waals surface area contributed by atoms with Crippen LogP contribution in [0.5, 0.6) is 0 Å². The van der Waals surface area contributed by atoms with Gasteiger partial charge in [-0.25, -0.2) is 9.59 Å². The van der Waals surface area contributed by atoms with Gasteiger partial charge in [0, 0.05) is 19.6 Å². The first-order chi connectivity index (χ1) is 10.9. The Morgan fingerprint density at radius 2 is 1.96 bits per heavy atom. The van der Waals surface area contributed by atoms with Crippen molar-refractivity contribution in [2.75, 3.05) is 19.6 Å². The Morgan fingerprint density at radius 1 is 1.26 bits per heavy atom. The van der Waals surface area contributed by atoms with Crippen molar-refractivity contribution < 1.29 is 19.1 Å². The van der Waals surface area contributed by atoms with Crippen molar-refractivity contribution in [3.8, 4) is 0 Å². The van der Waals surface area contributed by atoms with Crippen molar-refractivity contribution in [1.82, 2.24) is 10.2 Å². The summed E-state index contributed by atoms with van der Waals surface area (Å²) in [4.78, 5) is 26.1. The molecule has 0 aliphatic carbocycles. The summed E-state index contributed by atoms with van der Waals surface area (Å²) in [5, 5.41) is 3.11. The second kappa shape index (κ2) is 7.46. The van der Waals surface area contributed by atoms with E-state index in [0.29, 0.717) is 19.6 Å². The molecule has 1 aliphatic rings. The fraction of sp³-hybridized carbons (Fsp3) is 0.529. The summed E-state index contributed by atoms with van der Waals surface area (Å²) >= 11 is 0. The van der Waals surface area contributed by atoms with E-state index >= 15 is 0 Å². The minimum atomic E-state index is -0.665. The molecule has 6 heteroatoms. The van der Waals surface area contributed by atoms with Gasteiger partial charge in [-0.05, 0) is 26.3 Å². The van der Waals surface area contributed by atoms with E-state index < -0.39 is 23.7 Å². The third-order valence-electron chi connectivity index (χ3n) is 3.37. The number of carbonyl (C=O) groups is 2. The molecule has 126 valence electrons. The van der Waals surface area contributed by atoms with Crippen LogP contribution < -0.4 is 5.32 Å². The zero-order chi connectivity index (χ0) is 16.9. The summed E-state index contributed by atoms with van der Waals surface area (Å²) < 4.78 is 10.7. The molecule has 0 aromatic heterocycles. The molecule has 1 N–H and O–H groups in total. The maximum Gasteiger partial charge on any atom is 0.411 e. The minimum absolute atomic E-state index is 0.193. The summed E-state index contributed by atoms with van der Waals surface area (Å²) in [6.45, 7) is 7.01. The lowest BCUT2D eigenvalue weighted by molar-refractivity contribution is -0.151. The molecule has 1 heterocycles. The minimum Gasteiger partial charge on any atom is -0.459 e. The Balaban J connectivity index is 1.97. The first-order valence-corrected chi connectivity index (χ1v) is 7.78. The van der Waals surface area contributed by atoms with Crippen LogP contribution in [-0.4, -0.2) is 48.2 Å². The van der Waals surface area contributed by atoms with Crippen LogP contribution in [0.2, 0.25) is 0 Å². The van der Waals surface area contributed by atoms with Gasteiger partial charge in [0.25, 0.3) is 0 Å². The van der Waals surface area contributed by atoms with Gasteiger partial charge in [0.15, 0.2) is 0 Å². The number of carbonyl (C=O) groups excluding carboxylic acids is 2. The molecule has 6 nitrogen and oxygen atoms in total. The fourth-order valence-corrected chi connectivity index (χ4v) is 2.28. The molecule has 2 rings (SSSR count). The Labute approximate surface area is 136 Å². The molecule has 1 aromatic rings. The number of hydrogen-bond donors (Lipinski definition) is 1. The molecule has 0 radical (unpaired) electrons. The predicted molar refractivity (Wildman–Crippen MR) is 85.8 cm³/mol. The summed E-state index contributed by atoms with van der Waals surface area (Å²) in [5.74, 6) is -0.424. The average Bonchev–Trinajstić information content (AvgIpc) is 2.52. The van der Waals surface area contributed by atoms with Gasteiger partial charge in [0.2, 0.25) is 0 Å². The molecular weight excluding hydrogens is 296 g/mol. The van der Waals surface area contributed by atoms with Gasteiger partial charge in [0.1, 0.15) is 18.2 Å². The Bertz CT molecular complexity index is 539. The number of amides is 1. The van der Waals surface area contributed by atoms with Gasteiger partial charge < -0.3 is 14.8 Å². The van der Waals surface area contributed by atoms with Crippen LogP contribution in [0, 0.1) is 0 Å². The van der Waals surface area contributed by atoms with Crippen molar-refractivity contribution in [3.63, 3.8) is 0 Å². The van der Waals surface area contributed by atoms with E-state index in [1.807, 2.05) is 30.3 Å². The third-order valence-corrected chi connectivity index (χ3v) is 3.37. The van der Waals surface area contributed by atoms with Gasteiger partial charge in [-0.3, -0.25) is 4.90 Å². The third kappa shape index (κ3) is 5.25. The SMILES string of the molecule is CC(C)(C)OC(=O)N1CCNC[C@@H]1C(=O)OCc1ccccc1. The van der Waals surface area contributed by atoms with Gasteiger partial charge in [0.05, 0.1) is 0 Å². The van der Waals surface area contributed by atoms with Crippen LogP contribution in [0.25, 0.3) is 0 Å². The van der Waals surface area contributed by atoms with Gasteiger partial charge in [-0.15, -0.1) is 0 Å². The predicted octanol–water partition coefficient (Wildman–Crippen LogP) is 1.94. The van der Waals surface area contributed by atoms with Crippen molar-refractivity contribution in [1.29, 1.82) is 0 Å². The lowest BCUT2D eigenvalue weighted by atomic mass is 10.2. The molecule has 1 atom stereocenters. The second-order valence-corrected chi connectivity index (χ2v) is 6.49. The van der Waals surface area contributed by atoms with Crippen LogP contribution in [0.1, 0.15) is 26.3 Å². The maximum absolute atomic E-state index is 12.3. The Kier molecular flexibility index (Phi) is 5.60. The van der Waals surface area contributed by atoms with Crippen LogP contribution in [-0.2, 0) is 20.9 Å². The molecule has 23 heavy (non-hydrogen) atoms. The molecule has 1 saturated heterocycles. The molecule has 1 aromatic carbocycles. The second-order valence-electron chi connectivity index (χ2n) is 6.49. The number of hydrogen-bond acceptors (Lipinski definition) is 5. The smallest absolute Gasteiger partial charge is 0.411 e. The van der Waals surface area contributed by atoms with E-state index in [0.717, 1.165) is 5.56 Å². The van der Waals surface area contributed by atoms with E-state index in [1.54, 1.807) is 20.8 Å². The molecule has 0 bridgehead atoms. The highest BCUT2D eigenvalue weighted by Gasteiger charge is 2.35. The van der Waals surface area contributed by atoms with E-state index in [2.05, 4.69) is 5.32 Å². The van der Waals surface area contributed by atoms with Crippen LogP contribution in [0.3, 0.4) is 0 Å². The van der Waals surface area contributed by atoms with Crippen LogP contribution >= 0.6 is 0 Å². The van der Waals surface area contributed by atoms with Crippen molar-refractivity contribution in [2.24, 2.45) is 0 Å². The summed E-state index contributed by atoms with van der Waals surface area (Å²) in [6.07, 6.45) is -0.485. The Morgan fingerprint density at radius 3 is 2.61 bits per heavy atom. The summed E-state index contributed by atoms with van der Waals surface area (Å²) in [7, 11) is 0. The Hall–Kier alpha value is -2.08. The highest BCUT2D eigenvalue weighted by molar-refractivity contribution is 5.82. The van der Waals surface area contributed by atoms with E-state index in [-0.39, 0.29) is 6.61 Å². The number of rotatable bonds is 3. The van der Waals surface area contributed by atoms with Gasteiger partial charge >= 0.3 is 12.1 Å².